The number of rotatable bonds is 5. The molecule has 0 bridgehead atoms. The Morgan fingerprint density at radius 2 is 1.60 bits per heavy atom. The number of hydrogen-bond acceptors (Lipinski definition) is 7. The van der Waals surface area contributed by atoms with Crippen LogP contribution in [-0.4, -0.2) is 139 Å². The highest BCUT2D eigenvalue weighted by Crippen LogP contribution is 2.37. The molecule has 1 spiro atoms. The summed E-state index contributed by atoms with van der Waals surface area (Å²) in [6.45, 7) is 10.9. The third-order valence-corrected chi connectivity index (χ3v) is 9.72. The normalized spacial score (nSPS) is 22.9. The molecule has 0 unspecified atom stereocenters. The van der Waals surface area contributed by atoms with Crippen LogP contribution in [0.15, 0.2) is 0 Å². The van der Waals surface area contributed by atoms with E-state index >= 15 is 0 Å². The van der Waals surface area contributed by atoms with Gasteiger partial charge in [-0.15, -0.1) is 0 Å². The number of carbonyl (C=O) groups excluding carboxylic acids is 5. The van der Waals surface area contributed by atoms with Gasteiger partial charge in [-0.25, -0.2) is 4.79 Å². The van der Waals surface area contributed by atoms with Crippen molar-refractivity contribution >= 4 is 29.7 Å². The molecule has 256 valence electrons. The number of ether oxygens (including phenoxy) is 2. The van der Waals surface area contributed by atoms with Gasteiger partial charge in [-0.05, 0) is 77.6 Å². The summed E-state index contributed by atoms with van der Waals surface area (Å²) < 4.78 is 11.6. The van der Waals surface area contributed by atoms with Crippen LogP contribution in [0.4, 0.5) is 4.79 Å². The molecule has 1 atom stereocenters. The standard InChI is InChI=1S/C33H57N5O7/c1-25(39)37-19-12-26(13-20-37)29(41)34(5)18-10-11-27-30(42)35(6)17-9-8-14-33(24-44-23-28(40)36(27)7)15-21-38(22-16-33)31(43)45-32(2,3)4/h26-27H,8-24H2,1-7H3/t27-/m0/s1. The lowest BCUT2D eigenvalue weighted by molar-refractivity contribution is -0.147. The summed E-state index contributed by atoms with van der Waals surface area (Å²) in [6.07, 6.45) is 6.25. The van der Waals surface area contributed by atoms with Crippen molar-refractivity contribution in [3.63, 3.8) is 0 Å². The Morgan fingerprint density at radius 1 is 0.956 bits per heavy atom. The van der Waals surface area contributed by atoms with Crippen LogP contribution in [0.3, 0.4) is 0 Å². The van der Waals surface area contributed by atoms with E-state index in [0.29, 0.717) is 71.6 Å². The van der Waals surface area contributed by atoms with Gasteiger partial charge in [-0.2, -0.15) is 0 Å². The molecule has 12 nitrogen and oxygen atoms in total. The lowest BCUT2D eigenvalue weighted by atomic mass is 9.75. The lowest BCUT2D eigenvalue weighted by Gasteiger charge is -2.42. The SMILES string of the molecule is CC(=O)N1CCC(C(=O)N(C)CCC[C@H]2C(=O)N(C)CCCCC3(CCN(C(=O)OC(C)(C)C)CC3)COCC(=O)N2C)CC1. The van der Waals surface area contributed by atoms with E-state index in [4.69, 9.17) is 9.47 Å². The predicted molar refractivity (Wildman–Crippen MR) is 170 cm³/mol. The maximum atomic E-state index is 13.6. The molecular formula is C33H57N5O7. The van der Waals surface area contributed by atoms with Gasteiger partial charge in [0, 0.05) is 73.3 Å². The molecular weight excluding hydrogens is 578 g/mol. The number of likely N-dealkylation sites (tertiary alicyclic amines) is 2. The van der Waals surface area contributed by atoms with Crippen molar-refractivity contribution in [1.29, 1.82) is 0 Å². The van der Waals surface area contributed by atoms with Crippen molar-refractivity contribution in [3.8, 4) is 0 Å². The van der Waals surface area contributed by atoms with Gasteiger partial charge in [0.15, 0.2) is 0 Å². The van der Waals surface area contributed by atoms with Crippen LogP contribution in [-0.2, 0) is 28.7 Å². The van der Waals surface area contributed by atoms with E-state index in [0.717, 1.165) is 32.1 Å². The molecule has 0 aliphatic carbocycles. The van der Waals surface area contributed by atoms with Crippen LogP contribution in [0.2, 0.25) is 0 Å². The number of amides is 5. The molecule has 0 aromatic rings. The van der Waals surface area contributed by atoms with Crippen molar-refractivity contribution in [1.82, 2.24) is 24.5 Å². The summed E-state index contributed by atoms with van der Waals surface area (Å²) in [5, 5.41) is 0. The van der Waals surface area contributed by atoms with Gasteiger partial charge in [0.2, 0.25) is 23.6 Å². The topological polar surface area (TPSA) is 120 Å². The zero-order valence-corrected chi connectivity index (χ0v) is 28.8. The molecule has 3 aliphatic heterocycles. The lowest BCUT2D eigenvalue weighted by Crippen LogP contribution is -2.50. The number of piperidine rings is 2. The first-order valence-electron chi connectivity index (χ1n) is 16.7. The Kier molecular flexibility index (Phi) is 13.1. The van der Waals surface area contributed by atoms with Crippen molar-refractivity contribution < 1.29 is 33.4 Å². The summed E-state index contributed by atoms with van der Waals surface area (Å²) >= 11 is 0. The third kappa shape index (κ3) is 10.6. The fourth-order valence-corrected chi connectivity index (χ4v) is 6.67. The molecule has 3 fully saturated rings. The number of nitrogens with zero attached hydrogens (tertiary/aromatic N) is 5. The van der Waals surface area contributed by atoms with E-state index < -0.39 is 11.6 Å². The zero-order chi connectivity index (χ0) is 33.4. The predicted octanol–water partition coefficient (Wildman–Crippen LogP) is 2.99. The van der Waals surface area contributed by atoms with E-state index in [-0.39, 0.29) is 47.7 Å². The van der Waals surface area contributed by atoms with E-state index in [9.17, 15) is 24.0 Å². The van der Waals surface area contributed by atoms with Crippen LogP contribution in [0.1, 0.15) is 85.5 Å². The second-order valence-corrected chi connectivity index (χ2v) is 14.4. The maximum absolute atomic E-state index is 13.6. The largest absolute Gasteiger partial charge is 0.444 e. The second-order valence-electron chi connectivity index (χ2n) is 14.4. The first-order chi connectivity index (χ1) is 21.1. The van der Waals surface area contributed by atoms with E-state index in [2.05, 4.69) is 0 Å². The van der Waals surface area contributed by atoms with Gasteiger partial charge in [0.25, 0.3) is 0 Å². The zero-order valence-electron chi connectivity index (χ0n) is 28.8. The Balaban J connectivity index is 1.56. The average molecular weight is 636 g/mol. The summed E-state index contributed by atoms with van der Waals surface area (Å²) in [6, 6.07) is -0.639. The van der Waals surface area contributed by atoms with Crippen molar-refractivity contribution in [3.05, 3.63) is 0 Å². The first-order valence-corrected chi connectivity index (χ1v) is 16.7. The molecule has 0 N–H and O–H groups in total. The second kappa shape index (κ2) is 16.1. The van der Waals surface area contributed by atoms with Crippen molar-refractivity contribution in [2.45, 2.75) is 97.1 Å². The molecule has 0 radical (unpaired) electrons. The van der Waals surface area contributed by atoms with Gasteiger partial charge >= 0.3 is 6.09 Å². The number of hydrogen-bond donors (Lipinski definition) is 0. The Bertz CT molecular complexity index is 1040. The quantitative estimate of drug-likeness (QED) is 0.456. The molecule has 45 heavy (non-hydrogen) atoms. The van der Waals surface area contributed by atoms with Gasteiger partial charge in [0.1, 0.15) is 18.2 Å². The minimum absolute atomic E-state index is 0.0423. The summed E-state index contributed by atoms with van der Waals surface area (Å²) in [5.41, 5.74) is -0.676. The van der Waals surface area contributed by atoms with Crippen LogP contribution in [0, 0.1) is 11.3 Å². The van der Waals surface area contributed by atoms with Gasteiger partial charge in [-0.3, -0.25) is 19.2 Å². The average Bonchev–Trinajstić information content (AvgIpc) is 2.99. The van der Waals surface area contributed by atoms with Crippen molar-refractivity contribution in [2.75, 3.05) is 73.6 Å². The molecule has 0 saturated carbocycles. The molecule has 5 amide bonds. The van der Waals surface area contributed by atoms with E-state index in [1.807, 2.05) is 20.8 Å². The van der Waals surface area contributed by atoms with Gasteiger partial charge < -0.3 is 34.0 Å². The summed E-state index contributed by atoms with van der Waals surface area (Å²) in [5.74, 6) is -0.334. The molecule has 0 aromatic heterocycles. The van der Waals surface area contributed by atoms with Crippen LogP contribution in [0.25, 0.3) is 0 Å². The van der Waals surface area contributed by atoms with Gasteiger partial charge in [-0.1, -0.05) is 6.42 Å². The Morgan fingerprint density at radius 3 is 2.20 bits per heavy atom. The molecule has 3 saturated heterocycles. The minimum atomic E-state index is -0.639. The van der Waals surface area contributed by atoms with Gasteiger partial charge in [0.05, 0.1) is 6.61 Å². The maximum Gasteiger partial charge on any atom is 0.410 e. The molecule has 0 aromatic carbocycles. The third-order valence-electron chi connectivity index (χ3n) is 9.72. The van der Waals surface area contributed by atoms with Crippen LogP contribution >= 0.6 is 0 Å². The van der Waals surface area contributed by atoms with Crippen LogP contribution < -0.4 is 0 Å². The van der Waals surface area contributed by atoms with E-state index in [1.165, 1.54) is 4.90 Å². The highest BCUT2D eigenvalue weighted by Gasteiger charge is 2.38. The van der Waals surface area contributed by atoms with E-state index in [1.54, 1.807) is 47.7 Å². The fraction of sp³-hybridized carbons (Fsp3) is 0.848. The highest BCUT2D eigenvalue weighted by molar-refractivity contribution is 5.88. The molecule has 12 heteroatoms. The van der Waals surface area contributed by atoms with Crippen molar-refractivity contribution in [2.24, 2.45) is 11.3 Å². The smallest absolute Gasteiger partial charge is 0.410 e. The highest BCUT2D eigenvalue weighted by atomic mass is 16.6. The molecule has 3 rings (SSSR count). The fourth-order valence-electron chi connectivity index (χ4n) is 6.67. The Hall–Kier alpha value is -2.89. The number of likely N-dealkylation sites (N-methyl/N-ethyl adjacent to an activating group) is 2. The Labute approximate surface area is 269 Å². The summed E-state index contributed by atoms with van der Waals surface area (Å²) in [4.78, 5) is 72.6. The number of carbonyl (C=O) groups is 5. The van der Waals surface area contributed by atoms with Crippen LogP contribution in [0.5, 0.6) is 0 Å². The summed E-state index contributed by atoms with van der Waals surface area (Å²) in [7, 11) is 5.24. The monoisotopic (exact) mass is 635 g/mol. The first kappa shape index (κ1) is 36.6. The molecule has 3 aliphatic rings. The minimum Gasteiger partial charge on any atom is -0.444 e. The molecule has 3 heterocycles.